The zero-order valence-corrected chi connectivity index (χ0v) is 17.0. The summed E-state index contributed by atoms with van der Waals surface area (Å²) in [6.07, 6.45) is 0.587. The predicted octanol–water partition coefficient (Wildman–Crippen LogP) is 7.54. The third kappa shape index (κ3) is 6.21. The Morgan fingerprint density at radius 3 is 2.39 bits per heavy atom. The van der Waals surface area contributed by atoms with Gasteiger partial charge in [0.25, 0.3) is 0 Å². The monoisotopic (exact) mass is 432 g/mol. The van der Waals surface area contributed by atoms with Crippen LogP contribution in [-0.4, -0.2) is 6.36 Å². The molecule has 0 spiro atoms. The van der Waals surface area contributed by atoms with E-state index >= 15 is 0 Å². The molecule has 0 amide bonds. The van der Waals surface area contributed by atoms with E-state index in [1.165, 1.54) is 25.3 Å². The van der Waals surface area contributed by atoms with Gasteiger partial charge in [0.2, 0.25) is 0 Å². The molecule has 0 aliphatic carbocycles. The van der Waals surface area contributed by atoms with Crippen molar-refractivity contribution in [2.24, 2.45) is 0 Å². The summed E-state index contributed by atoms with van der Waals surface area (Å²) in [5.41, 5.74) is 1.38. The maximum absolute atomic E-state index is 14.9. The van der Waals surface area contributed by atoms with Crippen molar-refractivity contribution in [2.75, 3.05) is 0 Å². The van der Waals surface area contributed by atoms with Gasteiger partial charge in [0.15, 0.2) is 11.6 Å². The molecule has 6 heteroatoms. The normalized spacial score (nSPS) is 11.3. The van der Waals surface area contributed by atoms with E-state index in [0.717, 1.165) is 35.9 Å². The molecule has 162 valence electrons. The van der Waals surface area contributed by atoms with Gasteiger partial charge in [0.05, 0.1) is 5.56 Å². The minimum atomic E-state index is -4.99. The molecule has 31 heavy (non-hydrogen) atoms. The molecule has 0 saturated heterocycles. The Morgan fingerprint density at radius 1 is 0.871 bits per heavy atom. The molecule has 0 unspecified atom stereocenters. The molecule has 0 bridgehead atoms. The van der Waals surface area contributed by atoms with Crippen molar-refractivity contribution in [1.82, 2.24) is 0 Å². The smallest absolute Gasteiger partial charge is 0.403 e. The molecule has 3 aromatic carbocycles. The Hall–Kier alpha value is -3.07. The van der Waals surface area contributed by atoms with Gasteiger partial charge in [-0.25, -0.2) is 8.78 Å². The van der Waals surface area contributed by atoms with Gasteiger partial charge in [-0.3, -0.25) is 0 Å². The summed E-state index contributed by atoms with van der Waals surface area (Å²) in [6, 6.07) is 11.8. The van der Waals surface area contributed by atoms with E-state index in [4.69, 9.17) is 0 Å². The molecule has 0 radical (unpaired) electrons. The highest BCUT2D eigenvalue weighted by Gasteiger charge is 2.32. The second-order valence-corrected chi connectivity index (χ2v) is 7.24. The Kier molecular flexibility index (Phi) is 7.17. The first-order valence-electron chi connectivity index (χ1n) is 10.1. The number of aryl methyl sites for hydroxylation is 1. The van der Waals surface area contributed by atoms with Crippen molar-refractivity contribution in [3.63, 3.8) is 0 Å². The average Bonchev–Trinajstić information content (AvgIpc) is 2.72. The van der Waals surface area contributed by atoms with E-state index in [1.807, 2.05) is 12.1 Å². The number of ether oxygens (including phenoxy) is 1. The number of rotatable bonds is 6. The zero-order chi connectivity index (χ0) is 22.4. The van der Waals surface area contributed by atoms with Crippen molar-refractivity contribution in [2.45, 2.75) is 45.4 Å². The molecule has 0 aliphatic rings. The third-order valence-electron chi connectivity index (χ3n) is 4.84. The molecular formula is C25H21F5O. The molecule has 0 heterocycles. The van der Waals surface area contributed by atoms with Gasteiger partial charge in [-0.05, 0) is 48.1 Å². The Labute approximate surface area is 177 Å². The number of unbranched alkanes of at least 4 members (excludes halogenated alkanes) is 3. The molecule has 3 aromatic rings. The summed E-state index contributed by atoms with van der Waals surface area (Å²) in [5.74, 6) is 2.58. The van der Waals surface area contributed by atoms with Crippen LogP contribution in [0, 0.1) is 23.5 Å². The topological polar surface area (TPSA) is 9.23 Å². The van der Waals surface area contributed by atoms with Gasteiger partial charge in [-0.15, -0.1) is 13.2 Å². The number of hydrogen-bond acceptors (Lipinski definition) is 1. The molecule has 0 aliphatic heterocycles. The van der Waals surface area contributed by atoms with Gasteiger partial charge < -0.3 is 4.74 Å². The Morgan fingerprint density at radius 2 is 1.68 bits per heavy atom. The summed E-state index contributed by atoms with van der Waals surface area (Å²) < 4.78 is 68.9. The average molecular weight is 432 g/mol. The third-order valence-corrected chi connectivity index (χ3v) is 4.84. The second-order valence-electron chi connectivity index (χ2n) is 7.24. The van der Waals surface area contributed by atoms with Gasteiger partial charge in [-0.1, -0.05) is 62.3 Å². The predicted molar refractivity (Wildman–Crippen MR) is 111 cm³/mol. The fourth-order valence-corrected chi connectivity index (χ4v) is 3.27. The molecule has 0 saturated carbocycles. The summed E-state index contributed by atoms with van der Waals surface area (Å²) in [7, 11) is 0. The molecule has 0 fully saturated rings. The zero-order valence-electron chi connectivity index (χ0n) is 17.0. The molecular weight excluding hydrogens is 411 g/mol. The van der Waals surface area contributed by atoms with Crippen molar-refractivity contribution in [3.8, 4) is 17.6 Å². The number of halogens is 5. The van der Waals surface area contributed by atoms with Crippen molar-refractivity contribution >= 4 is 10.8 Å². The Balaban J connectivity index is 1.79. The lowest BCUT2D eigenvalue weighted by atomic mass is 10.00. The number of hydrogen-bond donors (Lipinski definition) is 0. The minimum Gasteiger partial charge on any atom is -0.403 e. The molecule has 0 atom stereocenters. The lowest BCUT2D eigenvalue weighted by Crippen LogP contribution is -2.17. The number of benzene rings is 3. The van der Waals surface area contributed by atoms with E-state index in [-0.39, 0.29) is 11.1 Å². The highest BCUT2D eigenvalue weighted by molar-refractivity contribution is 5.85. The van der Waals surface area contributed by atoms with E-state index in [9.17, 15) is 22.0 Å². The highest BCUT2D eigenvalue weighted by Crippen LogP contribution is 2.26. The van der Waals surface area contributed by atoms with E-state index in [0.29, 0.717) is 5.39 Å². The summed E-state index contributed by atoms with van der Waals surface area (Å²) >= 11 is 0. The maximum Gasteiger partial charge on any atom is 0.573 e. The lowest BCUT2D eigenvalue weighted by molar-refractivity contribution is -0.275. The van der Waals surface area contributed by atoms with Crippen molar-refractivity contribution in [1.29, 1.82) is 0 Å². The Bertz CT molecular complexity index is 1120. The van der Waals surface area contributed by atoms with Crippen LogP contribution in [-0.2, 0) is 6.42 Å². The van der Waals surface area contributed by atoms with Crippen LogP contribution < -0.4 is 4.74 Å². The van der Waals surface area contributed by atoms with Gasteiger partial charge >= 0.3 is 6.36 Å². The second kappa shape index (κ2) is 9.82. The maximum atomic E-state index is 14.9. The quantitative estimate of drug-likeness (QED) is 0.222. The molecule has 3 rings (SSSR count). The van der Waals surface area contributed by atoms with Crippen LogP contribution in [0.5, 0.6) is 5.75 Å². The van der Waals surface area contributed by atoms with Gasteiger partial charge in [0, 0.05) is 10.9 Å². The summed E-state index contributed by atoms with van der Waals surface area (Å²) in [5, 5.41) is 1.21. The van der Waals surface area contributed by atoms with E-state index < -0.39 is 23.7 Å². The fourth-order valence-electron chi connectivity index (χ4n) is 3.27. The summed E-state index contributed by atoms with van der Waals surface area (Å²) in [6.45, 7) is 2.16. The van der Waals surface area contributed by atoms with Crippen LogP contribution in [0.4, 0.5) is 22.0 Å². The van der Waals surface area contributed by atoms with Crippen molar-refractivity contribution < 1.29 is 26.7 Å². The van der Waals surface area contributed by atoms with Crippen molar-refractivity contribution in [3.05, 3.63) is 76.9 Å². The largest absolute Gasteiger partial charge is 0.573 e. The molecule has 0 N–H and O–H groups in total. The van der Waals surface area contributed by atoms with Gasteiger partial charge in [0.1, 0.15) is 5.82 Å². The highest BCUT2D eigenvalue weighted by atomic mass is 19.4. The first-order chi connectivity index (χ1) is 14.8. The first kappa shape index (κ1) is 22.6. The fraction of sp³-hybridized carbons (Fsp3) is 0.280. The minimum absolute atomic E-state index is 0.106. The van der Waals surface area contributed by atoms with Crippen LogP contribution in [0.1, 0.15) is 49.3 Å². The van der Waals surface area contributed by atoms with Crippen LogP contribution >= 0.6 is 0 Å². The number of alkyl halides is 3. The van der Waals surface area contributed by atoms with E-state index in [1.54, 1.807) is 18.2 Å². The van der Waals surface area contributed by atoms with Crippen LogP contribution in [0.3, 0.4) is 0 Å². The lowest BCUT2D eigenvalue weighted by Gasteiger charge is -2.09. The van der Waals surface area contributed by atoms with Crippen LogP contribution in [0.25, 0.3) is 10.8 Å². The SMILES string of the molecule is CCCCCCc1ccc2c(F)c(C#Cc3ccc(OC(F)(F)F)c(F)c3)ccc2c1. The molecule has 0 aromatic heterocycles. The molecule has 1 nitrogen and oxygen atoms in total. The standard InChI is InChI=1S/C25H21F5O/c1-2-3-4-5-6-17-8-13-21-20(15-17)12-11-19(24(21)27)10-7-18-9-14-23(22(26)16-18)31-25(28,29)30/h8-9,11-16H,2-6H2,1H3. The van der Waals surface area contributed by atoms with Crippen LogP contribution in [0.2, 0.25) is 0 Å². The van der Waals surface area contributed by atoms with E-state index in [2.05, 4.69) is 23.5 Å². The summed E-state index contributed by atoms with van der Waals surface area (Å²) in [4.78, 5) is 0. The van der Waals surface area contributed by atoms with Crippen LogP contribution in [0.15, 0.2) is 48.5 Å². The van der Waals surface area contributed by atoms with Gasteiger partial charge in [-0.2, -0.15) is 0 Å². The number of fused-ring (bicyclic) bond motifs is 1. The first-order valence-corrected chi connectivity index (χ1v) is 10.1.